The molecular weight excluding hydrogens is 376 g/mol. The first-order chi connectivity index (χ1) is 12.3. The number of hydrogen-bond acceptors (Lipinski definition) is 5. The number of sulfonamides is 1. The van der Waals surface area contributed by atoms with Crippen LogP contribution in [-0.4, -0.2) is 37.3 Å². The molecule has 2 heterocycles. The molecule has 0 bridgehead atoms. The van der Waals surface area contributed by atoms with Gasteiger partial charge in [-0.2, -0.15) is 8.42 Å². The minimum Gasteiger partial charge on any atom is -0.375 e. The zero-order valence-corrected chi connectivity index (χ0v) is 15.8. The monoisotopic (exact) mass is 392 g/mol. The third kappa shape index (κ3) is 3.38. The first kappa shape index (κ1) is 18.2. The molecule has 1 N–H and O–H groups in total. The number of hydrogen-bond donors (Lipinski definition) is 1. The Labute approximate surface area is 156 Å². The van der Waals surface area contributed by atoms with E-state index in [2.05, 4.69) is 4.98 Å². The second kappa shape index (κ2) is 6.97. The Morgan fingerprint density at radius 1 is 1.23 bits per heavy atom. The van der Waals surface area contributed by atoms with E-state index in [0.29, 0.717) is 5.65 Å². The van der Waals surface area contributed by atoms with Crippen LogP contribution in [0.15, 0.2) is 53.7 Å². The van der Waals surface area contributed by atoms with Gasteiger partial charge >= 0.3 is 0 Å². The van der Waals surface area contributed by atoms with Crippen LogP contribution in [0.4, 0.5) is 5.69 Å². The number of imidazole rings is 1. The van der Waals surface area contributed by atoms with Gasteiger partial charge in [0.05, 0.1) is 0 Å². The molecule has 0 saturated heterocycles. The number of carbonyl (C=O) groups is 1. The van der Waals surface area contributed by atoms with Crippen molar-refractivity contribution in [3.05, 3.63) is 59.4 Å². The molecule has 2 aromatic heterocycles. The zero-order chi connectivity index (χ0) is 18.9. The maximum atomic E-state index is 12.6. The highest BCUT2D eigenvalue weighted by atomic mass is 35.5. The van der Waals surface area contributed by atoms with Gasteiger partial charge in [0.2, 0.25) is 0 Å². The van der Waals surface area contributed by atoms with Crippen molar-refractivity contribution in [2.45, 2.75) is 11.9 Å². The smallest absolute Gasteiger partial charge is 0.283 e. The van der Waals surface area contributed by atoms with Crippen LogP contribution in [0, 0.1) is 0 Å². The topological polar surface area (TPSA) is 83.8 Å². The van der Waals surface area contributed by atoms with E-state index in [1.807, 2.05) is 23.6 Å². The zero-order valence-electron chi connectivity index (χ0n) is 14.2. The number of aromatic nitrogens is 2. The predicted octanol–water partition coefficient (Wildman–Crippen LogP) is 2.56. The van der Waals surface area contributed by atoms with E-state index < -0.39 is 15.9 Å². The fraction of sp³-hybridized carbons (Fsp3) is 0.176. The summed E-state index contributed by atoms with van der Waals surface area (Å²) in [7, 11) is -2.27. The Morgan fingerprint density at radius 2 is 1.92 bits per heavy atom. The van der Waals surface area contributed by atoms with Crippen molar-refractivity contribution in [2.75, 3.05) is 18.5 Å². The highest BCUT2D eigenvalue weighted by molar-refractivity contribution is 7.90. The molecule has 1 amide bonds. The summed E-state index contributed by atoms with van der Waals surface area (Å²) in [5.74, 6) is -0.738. The van der Waals surface area contributed by atoms with Crippen LogP contribution in [0.25, 0.3) is 5.65 Å². The standard InChI is InChI=1S/C17H17ClN4O3S/c1-3-21(2)13-9-7-12(8-10-13)16(23)20-26(24,25)17-15(18)19-14-6-4-5-11-22(14)17/h4-11H,3H2,1-2H3,(H,20,23). The lowest BCUT2D eigenvalue weighted by molar-refractivity contribution is 0.0981. The van der Waals surface area contributed by atoms with Gasteiger partial charge in [0.25, 0.3) is 15.9 Å². The fourth-order valence-electron chi connectivity index (χ4n) is 2.46. The lowest BCUT2D eigenvalue weighted by Crippen LogP contribution is -2.31. The quantitative estimate of drug-likeness (QED) is 0.721. The number of pyridine rings is 1. The number of nitrogens with zero attached hydrogens (tertiary/aromatic N) is 3. The van der Waals surface area contributed by atoms with Crippen LogP contribution < -0.4 is 9.62 Å². The molecule has 7 nitrogen and oxygen atoms in total. The summed E-state index contributed by atoms with van der Waals surface area (Å²) in [6, 6.07) is 11.6. The molecule has 0 fully saturated rings. The van der Waals surface area contributed by atoms with Crippen molar-refractivity contribution in [3.63, 3.8) is 0 Å². The van der Waals surface area contributed by atoms with Crippen LogP contribution in [0.5, 0.6) is 0 Å². The Bertz CT molecular complexity index is 1060. The first-order valence-electron chi connectivity index (χ1n) is 7.84. The second-order valence-corrected chi connectivity index (χ2v) is 7.59. The van der Waals surface area contributed by atoms with Crippen LogP contribution in [-0.2, 0) is 10.0 Å². The molecule has 0 aliphatic carbocycles. The van der Waals surface area contributed by atoms with Crippen LogP contribution in [0.1, 0.15) is 17.3 Å². The van der Waals surface area contributed by atoms with Gasteiger partial charge in [0.15, 0.2) is 10.2 Å². The highest BCUT2D eigenvalue weighted by Crippen LogP contribution is 2.22. The average Bonchev–Trinajstić information content (AvgIpc) is 2.97. The summed E-state index contributed by atoms with van der Waals surface area (Å²) >= 11 is 5.99. The van der Waals surface area contributed by atoms with Gasteiger partial charge in [0.1, 0.15) is 5.65 Å². The van der Waals surface area contributed by atoms with Crippen LogP contribution in [0.2, 0.25) is 5.15 Å². The molecule has 0 unspecified atom stereocenters. The summed E-state index contributed by atoms with van der Waals surface area (Å²) in [5.41, 5.74) is 1.53. The Kier molecular flexibility index (Phi) is 4.88. The Hall–Kier alpha value is -2.58. The van der Waals surface area contributed by atoms with Crippen LogP contribution in [0.3, 0.4) is 0 Å². The Balaban J connectivity index is 1.89. The summed E-state index contributed by atoms with van der Waals surface area (Å²) < 4.78 is 28.7. The van der Waals surface area contributed by atoms with Crippen molar-refractivity contribution in [1.29, 1.82) is 0 Å². The second-order valence-electron chi connectivity index (χ2n) is 5.63. The van der Waals surface area contributed by atoms with Gasteiger partial charge in [0, 0.05) is 31.0 Å². The number of fused-ring (bicyclic) bond motifs is 1. The SMILES string of the molecule is CCN(C)c1ccc(C(=O)NS(=O)(=O)c2c(Cl)nc3ccccn23)cc1. The molecule has 0 aliphatic rings. The van der Waals surface area contributed by atoms with Gasteiger partial charge in [-0.05, 0) is 43.3 Å². The Morgan fingerprint density at radius 3 is 2.58 bits per heavy atom. The molecule has 1 aromatic carbocycles. The first-order valence-corrected chi connectivity index (χ1v) is 9.70. The number of carbonyl (C=O) groups excluding carboxylic acids is 1. The lowest BCUT2D eigenvalue weighted by atomic mass is 10.2. The molecule has 3 aromatic rings. The van der Waals surface area contributed by atoms with Gasteiger partial charge < -0.3 is 4.90 Å². The van der Waals surface area contributed by atoms with Gasteiger partial charge in [-0.15, -0.1) is 0 Å². The number of nitrogens with one attached hydrogen (secondary N) is 1. The maximum absolute atomic E-state index is 12.6. The van der Waals surface area contributed by atoms with Crippen molar-refractivity contribution in [2.24, 2.45) is 0 Å². The van der Waals surface area contributed by atoms with E-state index in [-0.39, 0.29) is 15.7 Å². The van der Waals surface area contributed by atoms with E-state index in [0.717, 1.165) is 12.2 Å². The van der Waals surface area contributed by atoms with Gasteiger partial charge in [-0.25, -0.2) is 9.71 Å². The van der Waals surface area contributed by atoms with E-state index in [1.165, 1.54) is 10.6 Å². The fourth-order valence-corrected chi connectivity index (χ4v) is 4.09. The van der Waals surface area contributed by atoms with Crippen molar-refractivity contribution < 1.29 is 13.2 Å². The summed E-state index contributed by atoms with van der Waals surface area (Å²) in [6.07, 6.45) is 1.52. The highest BCUT2D eigenvalue weighted by Gasteiger charge is 2.26. The molecule has 0 saturated carbocycles. The van der Waals surface area contributed by atoms with Gasteiger partial charge in [-0.1, -0.05) is 17.7 Å². The number of rotatable bonds is 5. The summed E-state index contributed by atoms with van der Waals surface area (Å²) in [6.45, 7) is 2.82. The minimum atomic E-state index is -4.19. The van der Waals surface area contributed by atoms with Crippen molar-refractivity contribution in [3.8, 4) is 0 Å². The van der Waals surface area contributed by atoms with Crippen LogP contribution >= 0.6 is 11.6 Å². The molecule has 0 spiro atoms. The molecule has 0 aliphatic heterocycles. The third-order valence-corrected chi connectivity index (χ3v) is 5.70. The molecular formula is C17H17ClN4O3S. The van der Waals surface area contributed by atoms with E-state index in [9.17, 15) is 13.2 Å². The van der Waals surface area contributed by atoms with E-state index >= 15 is 0 Å². The number of anilines is 1. The molecule has 26 heavy (non-hydrogen) atoms. The molecule has 0 atom stereocenters. The van der Waals surface area contributed by atoms with Crippen molar-refractivity contribution in [1.82, 2.24) is 14.1 Å². The molecule has 136 valence electrons. The third-order valence-electron chi connectivity index (χ3n) is 3.97. The average molecular weight is 393 g/mol. The van der Waals surface area contributed by atoms with E-state index in [1.54, 1.807) is 42.5 Å². The molecule has 3 rings (SSSR count). The number of benzene rings is 1. The van der Waals surface area contributed by atoms with Crippen molar-refractivity contribution >= 4 is 38.9 Å². The predicted molar refractivity (Wildman–Crippen MR) is 100 cm³/mol. The number of halogens is 1. The summed E-state index contributed by atoms with van der Waals surface area (Å²) in [4.78, 5) is 18.4. The lowest BCUT2D eigenvalue weighted by Gasteiger charge is -2.16. The minimum absolute atomic E-state index is 0.198. The normalized spacial score (nSPS) is 11.5. The summed E-state index contributed by atoms with van der Waals surface area (Å²) in [5, 5.41) is -0.470. The molecule has 0 radical (unpaired) electrons. The van der Waals surface area contributed by atoms with E-state index in [4.69, 9.17) is 11.6 Å². The maximum Gasteiger partial charge on any atom is 0.283 e. The number of amides is 1. The largest absolute Gasteiger partial charge is 0.375 e. The molecule has 9 heteroatoms. The van der Waals surface area contributed by atoms with Gasteiger partial charge in [-0.3, -0.25) is 9.20 Å².